The van der Waals surface area contributed by atoms with Crippen molar-refractivity contribution < 1.29 is 9.59 Å². The lowest BCUT2D eigenvalue weighted by Crippen LogP contribution is -2.32. The van der Waals surface area contributed by atoms with Crippen molar-refractivity contribution >= 4 is 46.9 Å². The van der Waals surface area contributed by atoms with Gasteiger partial charge in [-0.05, 0) is 35.9 Å². The summed E-state index contributed by atoms with van der Waals surface area (Å²) in [5.41, 5.74) is 3.29. The molecule has 0 spiro atoms. The molecular weight excluding hydrogens is 325 g/mol. The van der Waals surface area contributed by atoms with Gasteiger partial charge in [0.05, 0.1) is 6.21 Å². The predicted molar refractivity (Wildman–Crippen MR) is 87.3 cm³/mol. The van der Waals surface area contributed by atoms with Crippen molar-refractivity contribution in [2.24, 2.45) is 5.10 Å². The summed E-state index contributed by atoms with van der Waals surface area (Å²) in [7, 11) is 0. The maximum absolute atomic E-state index is 11.7. The molecule has 0 heterocycles. The van der Waals surface area contributed by atoms with E-state index in [-0.39, 0.29) is 0 Å². The summed E-state index contributed by atoms with van der Waals surface area (Å²) in [6.07, 6.45) is 1.40. The van der Waals surface area contributed by atoms with Crippen LogP contribution in [0.3, 0.4) is 0 Å². The molecule has 0 unspecified atom stereocenters. The van der Waals surface area contributed by atoms with Crippen LogP contribution in [0.4, 0.5) is 5.69 Å². The third kappa shape index (κ3) is 4.87. The molecule has 2 aromatic rings. The third-order valence-corrected chi connectivity index (χ3v) is 3.03. The molecule has 0 aromatic heterocycles. The Hall–Kier alpha value is -2.37. The van der Waals surface area contributed by atoms with Gasteiger partial charge in [-0.3, -0.25) is 9.59 Å². The standard InChI is InChI=1S/C15H11Cl2N3O2/c16-11-6-4-10(5-7-11)9-18-20-15(22)14(21)19-13-3-1-2-12(17)8-13/h1-9H,(H,19,21)(H,20,22)/b18-9-. The van der Waals surface area contributed by atoms with E-state index in [2.05, 4.69) is 15.8 Å². The Morgan fingerprint density at radius 2 is 1.68 bits per heavy atom. The SMILES string of the molecule is O=C(N/N=C\c1ccc(Cl)cc1)C(=O)Nc1cccc(Cl)c1. The molecular formula is C15H11Cl2N3O2. The van der Waals surface area contributed by atoms with E-state index in [0.717, 1.165) is 5.56 Å². The van der Waals surface area contributed by atoms with Crippen molar-refractivity contribution in [1.29, 1.82) is 0 Å². The van der Waals surface area contributed by atoms with Crippen molar-refractivity contribution in [2.75, 3.05) is 5.32 Å². The van der Waals surface area contributed by atoms with E-state index >= 15 is 0 Å². The molecule has 0 atom stereocenters. The number of hydrazone groups is 1. The van der Waals surface area contributed by atoms with Crippen LogP contribution in [0.25, 0.3) is 0 Å². The number of carbonyl (C=O) groups is 2. The van der Waals surface area contributed by atoms with Crippen LogP contribution in [0.2, 0.25) is 10.0 Å². The third-order valence-electron chi connectivity index (χ3n) is 2.54. The normalized spacial score (nSPS) is 10.5. The molecule has 2 rings (SSSR count). The Kier molecular flexibility index (Phi) is 5.52. The van der Waals surface area contributed by atoms with Crippen molar-refractivity contribution in [3.8, 4) is 0 Å². The first kappa shape index (κ1) is 16.0. The number of halogens is 2. The maximum Gasteiger partial charge on any atom is 0.329 e. The minimum absolute atomic E-state index is 0.425. The maximum atomic E-state index is 11.7. The molecule has 2 N–H and O–H groups in total. The highest BCUT2D eigenvalue weighted by Crippen LogP contribution is 2.14. The molecule has 7 heteroatoms. The summed E-state index contributed by atoms with van der Waals surface area (Å²) in [6, 6.07) is 13.3. The van der Waals surface area contributed by atoms with Crippen molar-refractivity contribution in [2.45, 2.75) is 0 Å². The van der Waals surface area contributed by atoms with Gasteiger partial charge < -0.3 is 5.32 Å². The number of anilines is 1. The lowest BCUT2D eigenvalue weighted by Gasteiger charge is -2.03. The lowest BCUT2D eigenvalue weighted by molar-refractivity contribution is -0.136. The fourth-order valence-electron chi connectivity index (χ4n) is 1.52. The molecule has 0 saturated carbocycles. The number of hydrogen-bond donors (Lipinski definition) is 2. The zero-order chi connectivity index (χ0) is 15.9. The highest BCUT2D eigenvalue weighted by molar-refractivity contribution is 6.39. The summed E-state index contributed by atoms with van der Waals surface area (Å²) in [4.78, 5) is 23.2. The van der Waals surface area contributed by atoms with Gasteiger partial charge in [0.25, 0.3) is 0 Å². The van der Waals surface area contributed by atoms with Gasteiger partial charge >= 0.3 is 11.8 Å². The van der Waals surface area contributed by atoms with Crippen LogP contribution in [-0.4, -0.2) is 18.0 Å². The Morgan fingerprint density at radius 1 is 0.955 bits per heavy atom. The summed E-state index contributed by atoms with van der Waals surface area (Å²) < 4.78 is 0. The fourth-order valence-corrected chi connectivity index (χ4v) is 1.84. The van der Waals surface area contributed by atoms with Crippen LogP contribution in [0.1, 0.15) is 5.56 Å². The first-order chi connectivity index (χ1) is 10.5. The highest BCUT2D eigenvalue weighted by atomic mass is 35.5. The van der Waals surface area contributed by atoms with Gasteiger partial charge in [0, 0.05) is 15.7 Å². The van der Waals surface area contributed by atoms with Gasteiger partial charge in [0.1, 0.15) is 0 Å². The van der Waals surface area contributed by atoms with Crippen molar-refractivity contribution in [3.05, 3.63) is 64.1 Å². The average molecular weight is 336 g/mol. The second-order valence-corrected chi connectivity index (χ2v) is 5.09. The average Bonchev–Trinajstić information content (AvgIpc) is 2.49. The van der Waals surface area contributed by atoms with E-state index in [9.17, 15) is 9.59 Å². The molecule has 0 saturated heterocycles. The van der Waals surface area contributed by atoms with Crippen LogP contribution in [-0.2, 0) is 9.59 Å². The number of amides is 2. The number of hydrogen-bond acceptors (Lipinski definition) is 3. The molecule has 5 nitrogen and oxygen atoms in total. The fraction of sp³-hybridized carbons (Fsp3) is 0. The van der Waals surface area contributed by atoms with Crippen LogP contribution in [0, 0.1) is 0 Å². The summed E-state index contributed by atoms with van der Waals surface area (Å²) in [5, 5.41) is 7.17. The van der Waals surface area contributed by atoms with Gasteiger partial charge in [-0.15, -0.1) is 0 Å². The Balaban J connectivity index is 1.89. The van der Waals surface area contributed by atoms with Crippen molar-refractivity contribution in [1.82, 2.24) is 5.43 Å². The van der Waals surface area contributed by atoms with E-state index in [1.165, 1.54) is 12.3 Å². The highest BCUT2D eigenvalue weighted by Gasteiger charge is 2.12. The van der Waals surface area contributed by atoms with Gasteiger partial charge in [-0.2, -0.15) is 5.10 Å². The van der Waals surface area contributed by atoms with E-state index in [4.69, 9.17) is 23.2 Å². The molecule has 0 aliphatic carbocycles. The minimum atomic E-state index is -0.884. The molecule has 0 aliphatic rings. The predicted octanol–water partition coefficient (Wildman–Crippen LogP) is 3.08. The molecule has 0 aliphatic heterocycles. The number of nitrogens with one attached hydrogen (secondary N) is 2. The summed E-state index contributed by atoms with van der Waals surface area (Å²) in [6.45, 7) is 0. The zero-order valence-corrected chi connectivity index (χ0v) is 12.7. The number of nitrogens with zero attached hydrogens (tertiary/aromatic N) is 1. The molecule has 112 valence electrons. The quantitative estimate of drug-likeness (QED) is 0.514. The van der Waals surface area contributed by atoms with Crippen LogP contribution in [0.5, 0.6) is 0 Å². The molecule has 0 radical (unpaired) electrons. The molecule has 2 amide bonds. The second kappa shape index (κ2) is 7.59. The van der Waals surface area contributed by atoms with E-state index in [0.29, 0.717) is 15.7 Å². The first-order valence-electron chi connectivity index (χ1n) is 6.20. The Labute approximate surface area is 136 Å². The van der Waals surface area contributed by atoms with Gasteiger partial charge in [-0.1, -0.05) is 41.4 Å². The summed E-state index contributed by atoms with van der Waals surface area (Å²) in [5.74, 6) is -1.72. The van der Waals surface area contributed by atoms with Gasteiger partial charge in [-0.25, -0.2) is 5.43 Å². The Bertz CT molecular complexity index is 715. The smallest absolute Gasteiger partial charge is 0.318 e. The van der Waals surface area contributed by atoms with Crippen LogP contribution < -0.4 is 10.7 Å². The van der Waals surface area contributed by atoms with E-state index in [1.807, 2.05) is 0 Å². The summed E-state index contributed by atoms with van der Waals surface area (Å²) >= 11 is 11.5. The monoisotopic (exact) mass is 335 g/mol. The second-order valence-electron chi connectivity index (χ2n) is 4.22. The van der Waals surface area contributed by atoms with Gasteiger partial charge in [0.15, 0.2) is 0 Å². The molecule has 0 bridgehead atoms. The van der Waals surface area contributed by atoms with Crippen LogP contribution >= 0.6 is 23.2 Å². The molecule has 22 heavy (non-hydrogen) atoms. The molecule has 2 aromatic carbocycles. The van der Waals surface area contributed by atoms with Crippen molar-refractivity contribution in [3.63, 3.8) is 0 Å². The lowest BCUT2D eigenvalue weighted by atomic mass is 10.2. The molecule has 0 fully saturated rings. The number of benzene rings is 2. The van der Waals surface area contributed by atoms with Crippen LogP contribution in [0.15, 0.2) is 53.6 Å². The van der Waals surface area contributed by atoms with Gasteiger partial charge in [0.2, 0.25) is 0 Å². The topological polar surface area (TPSA) is 70.6 Å². The number of carbonyl (C=O) groups excluding carboxylic acids is 2. The van der Waals surface area contributed by atoms with E-state index < -0.39 is 11.8 Å². The largest absolute Gasteiger partial charge is 0.329 e. The van der Waals surface area contributed by atoms with E-state index in [1.54, 1.807) is 42.5 Å². The Morgan fingerprint density at radius 3 is 2.36 bits per heavy atom. The number of rotatable bonds is 3. The zero-order valence-electron chi connectivity index (χ0n) is 11.2. The minimum Gasteiger partial charge on any atom is -0.318 e. The first-order valence-corrected chi connectivity index (χ1v) is 6.96.